The summed E-state index contributed by atoms with van der Waals surface area (Å²) in [5.41, 5.74) is 0.214. The molecule has 0 aliphatic rings. The van der Waals surface area contributed by atoms with Crippen LogP contribution in [-0.4, -0.2) is 46.0 Å². The molecule has 2 N–H and O–H groups in total. The lowest BCUT2D eigenvalue weighted by Gasteiger charge is -2.14. The van der Waals surface area contributed by atoms with Crippen molar-refractivity contribution in [2.75, 3.05) is 20.2 Å². The average Bonchev–Trinajstić information content (AvgIpc) is 2.83. The summed E-state index contributed by atoms with van der Waals surface area (Å²) in [4.78, 5) is 25.7. The second kappa shape index (κ2) is 6.75. The smallest absolute Gasteiger partial charge is 0.321 e. The Labute approximate surface area is 105 Å². The van der Waals surface area contributed by atoms with Gasteiger partial charge >= 0.3 is 5.82 Å². The average molecular weight is 255 g/mol. The highest BCUT2D eigenvalue weighted by Gasteiger charge is 2.18. The Hall–Kier alpha value is -1.89. The largest absolute Gasteiger partial charge is 0.396 e. The molecule has 0 fully saturated rings. The standard InChI is InChI=1S/C11H17N3O4/c1-13(7-3-2-4-8-15)11(16)9-5-6-10(12-9)14(17)18/h5-6,12,15H,2-4,7-8H2,1H3. The van der Waals surface area contributed by atoms with Crippen LogP contribution in [0, 0.1) is 10.1 Å². The summed E-state index contributed by atoms with van der Waals surface area (Å²) in [6, 6.07) is 2.68. The zero-order chi connectivity index (χ0) is 13.5. The molecule has 0 aliphatic heterocycles. The minimum atomic E-state index is -0.571. The maximum Gasteiger partial charge on any atom is 0.321 e. The molecule has 0 saturated heterocycles. The number of carbonyl (C=O) groups is 1. The van der Waals surface area contributed by atoms with Crippen LogP contribution in [0.3, 0.4) is 0 Å². The van der Waals surface area contributed by atoms with Gasteiger partial charge in [0.15, 0.2) is 5.69 Å². The van der Waals surface area contributed by atoms with Crippen molar-refractivity contribution in [2.24, 2.45) is 0 Å². The lowest BCUT2D eigenvalue weighted by atomic mass is 10.2. The van der Waals surface area contributed by atoms with Gasteiger partial charge in [-0.25, -0.2) is 4.98 Å². The molecule has 0 atom stereocenters. The second-order valence-electron chi connectivity index (χ2n) is 4.03. The first kappa shape index (κ1) is 14.2. The van der Waals surface area contributed by atoms with Crippen LogP contribution < -0.4 is 0 Å². The summed E-state index contributed by atoms with van der Waals surface area (Å²) >= 11 is 0. The summed E-state index contributed by atoms with van der Waals surface area (Å²) in [6.45, 7) is 0.714. The van der Waals surface area contributed by atoms with Crippen LogP contribution >= 0.6 is 0 Å². The van der Waals surface area contributed by atoms with Crippen molar-refractivity contribution < 1.29 is 14.8 Å². The molecular weight excluding hydrogens is 238 g/mol. The molecule has 7 heteroatoms. The van der Waals surface area contributed by atoms with Gasteiger partial charge in [-0.3, -0.25) is 4.79 Å². The maximum atomic E-state index is 11.9. The van der Waals surface area contributed by atoms with E-state index in [-0.39, 0.29) is 24.0 Å². The van der Waals surface area contributed by atoms with E-state index in [9.17, 15) is 14.9 Å². The van der Waals surface area contributed by atoms with Crippen LogP contribution in [-0.2, 0) is 0 Å². The Morgan fingerprint density at radius 2 is 2.17 bits per heavy atom. The van der Waals surface area contributed by atoms with E-state index < -0.39 is 4.92 Å². The molecule has 0 radical (unpaired) electrons. The van der Waals surface area contributed by atoms with Gasteiger partial charge in [-0.2, -0.15) is 0 Å². The zero-order valence-electron chi connectivity index (χ0n) is 10.3. The van der Waals surface area contributed by atoms with Gasteiger partial charge in [0.2, 0.25) is 0 Å². The third-order valence-corrected chi connectivity index (χ3v) is 2.60. The molecule has 1 rings (SSSR count). The Kier molecular flexibility index (Phi) is 5.31. The maximum absolute atomic E-state index is 11.9. The van der Waals surface area contributed by atoms with Gasteiger partial charge < -0.3 is 20.1 Å². The van der Waals surface area contributed by atoms with E-state index >= 15 is 0 Å². The SMILES string of the molecule is CN(CCCCCO)C(=O)c1ccc([N+](=O)[O-])[nH]1. The van der Waals surface area contributed by atoms with Crippen molar-refractivity contribution in [1.29, 1.82) is 0 Å². The predicted molar refractivity (Wildman–Crippen MR) is 65.3 cm³/mol. The van der Waals surface area contributed by atoms with Crippen molar-refractivity contribution in [3.05, 3.63) is 27.9 Å². The van der Waals surface area contributed by atoms with Crippen molar-refractivity contribution in [1.82, 2.24) is 9.88 Å². The monoisotopic (exact) mass is 255 g/mol. The van der Waals surface area contributed by atoms with E-state index in [0.717, 1.165) is 19.3 Å². The number of hydrogen-bond donors (Lipinski definition) is 2. The summed E-state index contributed by atoms with van der Waals surface area (Å²) in [6.07, 6.45) is 2.36. The number of rotatable bonds is 7. The van der Waals surface area contributed by atoms with Crippen molar-refractivity contribution in [2.45, 2.75) is 19.3 Å². The first-order valence-corrected chi connectivity index (χ1v) is 5.76. The van der Waals surface area contributed by atoms with Crippen molar-refractivity contribution in [3.63, 3.8) is 0 Å². The summed E-state index contributed by atoms with van der Waals surface area (Å²) in [7, 11) is 1.65. The number of aromatic nitrogens is 1. The third kappa shape index (κ3) is 3.85. The fourth-order valence-electron chi connectivity index (χ4n) is 1.56. The molecule has 0 aliphatic carbocycles. The Bertz CT molecular complexity index is 416. The number of amides is 1. The fraction of sp³-hybridized carbons (Fsp3) is 0.545. The normalized spacial score (nSPS) is 10.3. The first-order chi connectivity index (χ1) is 8.56. The van der Waals surface area contributed by atoms with E-state index in [2.05, 4.69) is 4.98 Å². The van der Waals surface area contributed by atoms with E-state index in [1.807, 2.05) is 0 Å². The minimum absolute atomic E-state index is 0.153. The number of nitrogens with one attached hydrogen (secondary N) is 1. The Balaban J connectivity index is 2.49. The van der Waals surface area contributed by atoms with Crippen LogP contribution in [0.2, 0.25) is 0 Å². The van der Waals surface area contributed by atoms with Gasteiger partial charge in [-0.1, -0.05) is 0 Å². The highest BCUT2D eigenvalue weighted by Crippen LogP contribution is 2.11. The molecule has 18 heavy (non-hydrogen) atoms. The third-order valence-electron chi connectivity index (χ3n) is 2.60. The number of aliphatic hydroxyl groups is 1. The topological polar surface area (TPSA) is 99.5 Å². The van der Waals surface area contributed by atoms with Crippen LogP contribution in [0.15, 0.2) is 12.1 Å². The van der Waals surface area contributed by atoms with Crippen LogP contribution in [0.5, 0.6) is 0 Å². The van der Waals surface area contributed by atoms with E-state index in [1.165, 1.54) is 17.0 Å². The number of hydrogen-bond acceptors (Lipinski definition) is 4. The molecule has 1 aromatic rings. The molecule has 0 unspecified atom stereocenters. The Morgan fingerprint density at radius 3 is 2.72 bits per heavy atom. The van der Waals surface area contributed by atoms with Gasteiger partial charge in [0.05, 0.1) is 0 Å². The van der Waals surface area contributed by atoms with Gasteiger partial charge in [-0.05, 0) is 30.3 Å². The van der Waals surface area contributed by atoms with Gasteiger partial charge in [0.25, 0.3) is 5.91 Å². The van der Waals surface area contributed by atoms with Crippen LogP contribution in [0.1, 0.15) is 29.8 Å². The number of H-pyrrole nitrogens is 1. The highest BCUT2D eigenvalue weighted by atomic mass is 16.6. The number of nitrogens with zero attached hydrogens (tertiary/aromatic N) is 2. The summed E-state index contributed by atoms with van der Waals surface area (Å²) < 4.78 is 0. The first-order valence-electron chi connectivity index (χ1n) is 5.76. The zero-order valence-corrected chi connectivity index (χ0v) is 10.3. The van der Waals surface area contributed by atoms with E-state index in [1.54, 1.807) is 7.05 Å². The number of unbranched alkanes of at least 4 members (excludes halogenated alkanes) is 2. The lowest BCUT2D eigenvalue weighted by Crippen LogP contribution is -2.28. The van der Waals surface area contributed by atoms with Crippen molar-refractivity contribution >= 4 is 11.7 Å². The molecule has 1 aromatic heterocycles. The van der Waals surface area contributed by atoms with Gasteiger partial charge in [0, 0.05) is 26.3 Å². The lowest BCUT2D eigenvalue weighted by molar-refractivity contribution is -0.389. The number of aliphatic hydroxyl groups excluding tert-OH is 1. The highest BCUT2D eigenvalue weighted by molar-refractivity contribution is 5.92. The minimum Gasteiger partial charge on any atom is -0.396 e. The second-order valence-corrected chi connectivity index (χ2v) is 4.03. The van der Waals surface area contributed by atoms with Gasteiger partial charge in [-0.15, -0.1) is 0 Å². The molecular formula is C11H17N3O4. The molecule has 0 bridgehead atoms. The summed E-state index contributed by atoms with van der Waals surface area (Å²) in [5.74, 6) is -0.459. The van der Waals surface area contributed by atoms with Gasteiger partial charge in [0.1, 0.15) is 0 Å². The quantitative estimate of drug-likeness (QED) is 0.433. The van der Waals surface area contributed by atoms with E-state index in [0.29, 0.717) is 6.54 Å². The number of nitro groups is 1. The number of aromatic amines is 1. The molecule has 1 amide bonds. The van der Waals surface area contributed by atoms with Crippen LogP contribution in [0.4, 0.5) is 5.82 Å². The molecule has 7 nitrogen and oxygen atoms in total. The fourth-order valence-corrected chi connectivity index (χ4v) is 1.56. The Morgan fingerprint density at radius 1 is 1.44 bits per heavy atom. The molecule has 0 spiro atoms. The van der Waals surface area contributed by atoms with Crippen molar-refractivity contribution in [3.8, 4) is 0 Å². The molecule has 100 valence electrons. The number of carbonyl (C=O) groups excluding carboxylic acids is 1. The molecule has 0 aromatic carbocycles. The molecule has 0 saturated carbocycles. The summed E-state index contributed by atoms with van der Waals surface area (Å²) in [5, 5.41) is 19.1. The molecule has 1 heterocycles. The predicted octanol–water partition coefficient (Wildman–Crippen LogP) is 1.16. The van der Waals surface area contributed by atoms with E-state index in [4.69, 9.17) is 5.11 Å². The van der Waals surface area contributed by atoms with Crippen LogP contribution in [0.25, 0.3) is 0 Å².